The molecule has 4 nitrogen and oxygen atoms in total. The van der Waals surface area contributed by atoms with E-state index in [0.29, 0.717) is 11.7 Å². The Bertz CT molecular complexity index is 586. The molecule has 0 unspecified atom stereocenters. The monoisotopic (exact) mass is 257 g/mol. The Morgan fingerprint density at radius 1 is 1.26 bits per heavy atom. The lowest BCUT2D eigenvalue weighted by Gasteiger charge is -2.14. The van der Waals surface area contributed by atoms with E-state index in [1.54, 1.807) is 0 Å². The van der Waals surface area contributed by atoms with Gasteiger partial charge < -0.3 is 15.5 Å². The van der Waals surface area contributed by atoms with E-state index < -0.39 is 0 Å². The lowest BCUT2D eigenvalue weighted by atomic mass is 9.98. The van der Waals surface area contributed by atoms with Crippen molar-refractivity contribution in [1.29, 1.82) is 0 Å². The molecule has 0 saturated heterocycles. The van der Waals surface area contributed by atoms with E-state index in [-0.39, 0.29) is 0 Å². The number of nitrogens with two attached hydrogens (primary N) is 1. The van der Waals surface area contributed by atoms with Crippen molar-refractivity contribution in [2.45, 2.75) is 25.7 Å². The maximum Gasteiger partial charge on any atom is 0.295 e. The van der Waals surface area contributed by atoms with Crippen LogP contribution in [0.3, 0.4) is 0 Å². The van der Waals surface area contributed by atoms with Crippen molar-refractivity contribution in [3.05, 3.63) is 18.2 Å². The van der Waals surface area contributed by atoms with Gasteiger partial charge in [-0.2, -0.15) is 4.98 Å². The summed E-state index contributed by atoms with van der Waals surface area (Å²) in [5.41, 5.74) is 8.08. The zero-order valence-corrected chi connectivity index (χ0v) is 10.9. The topological polar surface area (TPSA) is 64.1 Å². The first-order valence-corrected chi connectivity index (χ1v) is 7.19. The Morgan fingerprint density at radius 3 is 2.68 bits per heavy atom. The van der Waals surface area contributed by atoms with Crippen molar-refractivity contribution in [3.8, 4) is 0 Å². The number of oxazole rings is 1. The van der Waals surface area contributed by atoms with E-state index in [4.69, 9.17) is 10.2 Å². The Labute approximate surface area is 112 Å². The van der Waals surface area contributed by atoms with Crippen molar-refractivity contribution in [1.82, 2.24) is 4.98 Å². The van der Waals surface area contributed by atoms with Crippen LogP contribution in [-0.2, 0) is 0 Å². The van der Waals surface area contributed by atoms with Crippen LogP contribution in [0.1, 0.15) is 25.7 Å². The number of benzene rings is 1. The van der Waals surface area contributed by atoms with Gasteiger partial charge in [0.15, 0.2) is 5.58 Å². The average molecular weight is 257 g/mol. The van der Waals surface area contributed by atoms with Crippen LogP contribution in [0.2, 0.25) is 0 Å². The number of hydrogen-bond acceptors (Lipinski definition) is 4. The molecule has 4 heteroatoms. The second-order valence-corrected chi connectivity index (χ2v) is 5.97. The normalized spacial score (nSPS) is 19.2. The molecule has 2 aliphatic rings. The van der Waals surface area contributed by atoms with Gasteiger partial charge in [0, 0.05) is 18.3 Å². The third-order valence-corrected chi connectivity index (χ3v) is 4.36. The van der Waals surface area contributed by atoms with Gasteiger partial charge in [-0.3, -0.25) is 0 Å². The minimum absolute atomic E-state index is 0.631. The highest BCUT2D eigenvalue weighted by Crippen LogP contribution is 2.49. The molecular weight excluding hydrogens is 238 g/mol. The molecule has 0 radical (unpaired) electrons. The summed E-state index contributed by atoms with van der Waals surface area (Å²) in [6.07, 6.45) is 5.64. The number of nitrogens with one attached hydrogen (secondary N) is 1. The molecule has 100 valence electrons. The van der Waals surface area contributed by atoms with E-state index in [0.717, 1.165) is 35.4 Å². The summed E-state index contributed by atoms with van der Waals surface area (Å²) in [7, 11) is 0. The van der Waals surface area contributed by atoms with E-state index in [1.165, 1.54) is 25.7 Å². The smallest absolute Gasteiger partial charge is 0.295 e. The van der Waals surface area contributed by atoms with E-state index in [1.807, 2.05) is 18.2 Å². The number of aromatic nitrogens is 1. The largest absolute Gasteiger partial charge is 0.423 e. The number of nitrogen functional groups attached to an aromatic ring is 1. The molecule has 2 fully saturated rings. The number of hydrogen-bond donors (Lipinski definition) is 2. The second-order valence-electron chi connectivity index (χ2n) is 5.97. The van der Waals surface area contributed by atoms with Gasteiger partial charge in [0.05, 0.1) is 0 Å². The van der Waals surface area contributed by atoms with Crippen LogP contribution in [0.15, 0.2) is 22.6 Å². The first-order valence-electron chi connectivity index (χ1n) is 7.19. The molecule has 19 heavy (non-hydrogen) atoms. The number of nitrogens with zero attached hydrogens (tertiary/aromatic N) is 1. The van der Waals surface area contributed by atoms with Gasteiger partial charge in [-0.15, -0.1) is 0 Å². The third-order valence-electron chi connectivity index (χ3n) is 4.36. The van der Waals surface area contributed by atoms with Crippen LogP contribution >= 0.6 is 0 Å². The van der Waals surface area contributed by atoms with Crippen LogP contribution in [0.4, 0.5) is 11.7 Å². The van der Waals surface area contributed by atoms with Gasteiger partial charge in [0.2, 0.25) is 0 Å². The summed E-state index contributed by atoms with van der Waals surface area (Å²) >= 11 is 0. The molecule has 0 atom stereocenters. The van der Waals surface area contributed by atoms with Crippen molar-refractivity contribution in [2.75, 3.05) is 17.6 Å². The second kappa shape index (κ2) is 4.15. The number of rotatable bonds is 5. The van der Waals surface area contributed by atoms with E-state index in [2.05, 4.69) is 10.3 Å². The Hall–Kier alpha value is -1.71. The van der Waals surface area contributed by atoms with Gasteiger partial charge >= 0.3 is 0 Å². The zero-order valence-electron chi connectivity index (χ0n) is 10.9. The van der Waals surface area contributed by atoms with Crippen LogP contribution in [0.5, 0.6) is 0 Å². The molecular formula is C15H19N3O. The standard InChI is InChI=1S/C15H19N3O/c16-11-5-6-13-14(7-11)19-15(18-13)17-8-12(9-1-2-9)10-3-4-10/h5-7,9-10,12H,1-4,8,16H2,(H,17,18). The van der Waals surface area contributed by atoms with Gasteiger partial charge in [-0.05, 0) is 55.6 Å². The van der Waals surface area contributed by atoms with Gasteiger partial charge in [-0.1, -0.05) is 0 Å². The average Bonchev–Trinajstić information content (AvgIpc) is 3.28. The fourth-order valence-electron chi connectivity index (χ4n) is 2.99. The van der Waals surface area contributed by atoms with Gasteiger partial charge in [0.25, 0.3) is 6.01 Å². The lowest BCUT2D eigenvalue weighted by molar-refractivity contribution is 0.423. The molecule has 1 heterocycles. The summed E-state index contributed by atoms with van der Waals surface area (Å²) in [5.74, 6) is 2.71. The summed E-state index contributed by atoms with van der Waals surface area (Å²) < 4.78 is 5.70. The van der Waals surface area contributed by atoms with Crippen LogP contribution < -0.4 is 11.1 Å². The molecule has 1 aromatic carbocycles. The molecule has 2 aromatic rings. The highest BCUT2D eigenvalue weighted by atomic mass is 16.4. The fraction of sp³-hybridized carbons (Fsp3) is 0.533. The third kappa shape index (κ3) is 2.27. The fourth-order valence-corrected chi connectivity index (χ4v) is 2.99. The Morgan fingerprint density at radius 2 is 2.00 bits per heavy atom. The van der Waals surface area contributed by atoms with Crippen molar-refractivity contribution in [3.63, 3.8) is 0 Å². The van der Waals surface area contributed by atoms with Crippen LogP contribution in [0, 0.1) is 17.8 Å². The first-order chi connectivity index (χ1) is 9.29. The Kier molecular flexibility index (Phi) is 2.43. The summed E-state index contributed by atoms with van der Waals surface area (Å²) in [6, 6.07) is 6.21. The predicted octanol–water partition coefficient (Wildman–Crippen LogP) is 3.26. The molecule has 0 aliphatic heterocycles. The molecule has 0 spiro atoms. The van der Waals surface area contributed by atoms with Crippen molar-refractivity contribution in [2.24, 2.45) is 17.8 Å². The minimum Gasteiger partial charge on any atom is -0.423 e. The molecule has 0 bridgehead atoms. The molecule has 2 aliphatic carbocycles. The van der Waals surface area contributed by atoms with Gasteiger partial charge in [-0.25, -0.2) is 0 Å². The quantitative estimate of drug-likeness (QED) is 0.807. The van der Waals surface area contributed by atoms with Crippen LogP contribution in [0.25, 0.3) is 11.1 Å². The predicted molar refractivity (Wildman–Crippen MR) is 75.8 cm³/mol. The molecule has 4 rings (SSSR count). The van der Waals surface area contributed by atoms with Crippen molar-refractivity contribution < 1.29 is 4.42 Å². The Balaban J connectivity index is 1.48. The number of anilines is 2. The summed E-state index contributed by atoms with van der Waals surface area (Å²) in [4.78, 5) is 4.45. The molecule has 3 N–H and O–H groups in total. The maximum absolute atomic E-state index is 5.74. The number of fused-ring (bicyclic) bond motifs is 1. The molecule has 2 saturated carbocycles. The van der Waals surface area contributed by atoms with Gasteiger partial charge in [0.1, 0.15) is 5.52 Å². The highest BCUT2D eigenvalue weighted by Gasteiger charge is 2.41. The van der Waals surface area contributed by atoms with Crippen molar-refractivity contribution >= 4 is 22.8 Å². The summed E-state index contributed by atoms with van der Waals surface area (Å²) in [6.45, 7) is 0.998. The molecule has 0 amide bonds. The SMILES string of the molecule is Nc1ccc2nc(NCC(C3CC3)C3CC3)oc2c1. The highest BCUT2D eigenvalue weighted by molar-refractivity contribution is 5.78. The maximum atomic E-state index is 5.74. The lowest BCUT2D eigenvalue weighted by Crippen LogP contribution is -2.18. The zero-order chi connectivity index (χ0) is 12.8. The van der Waals surface area contributed by atoms with Crippen LogP contribution in [-0.4, -0.2) is 11.5 Å². The molecule has 1 aromatic heterocycles. The minimum atomic E-state index is 0.631. The summed E-state index contributed by atoms with van der Waals surface area (Å²) in [5, 5.41) is 3.38. The first kappa shape index (κ1) is 11.1. The van der Waals surface area contributed by atoms with E-state index in [9.17, 15) is 0 Å². The van der Waals surface area contributed by atoms with E-state index >= 15 is 0 Å².